The van der Waals surface area contributed by atoms with E-state index < -0.39 is 0 Å². The van der Waals surface area contributed by atoms with Crippen LogP contribution in [-0.2, 0) is 105 Å². The average molecular weight is 872 g/mol. The van der Waals surface area contributed by atoms with Crippen LogP contribution in [0.3, 0.4) is 0 Å². The Morgan fingerprint density at radius 2 is 0.186 bits per heavy atom. The van der Waals surface area contributed by atoms with Gasteiger partial charge in [0.1, 0.15) is 0 Å². The van der Waals surface area contributed by atoms with E-state index >= 15 is 0 Å². The first-order chi connectivity index (χ1) is 20.0. The molecule has 0 rings (SSSR count). The SMILES string of the molecule is [C-]#N.[C-]#N.[C-]#N.[C-]#N.[C-]#N.[C-]#N.[C-]#N.[C-]#N.[C-]#N.[C-]#N.[C-]#N.[C-]#N.[C-]#N.[C-]#N.[C-]#N.[C-]#N.[C-]#N.[C-]#N.[Co+3].[Co+3].[Fe+4].[Fe]=[Co].[Fe]=[Co]. The molecule has 0 fully saturated rings. The Morgan fingerprint density at radius 3 is 0.186 bits per heavy atom. The molecule has 0 atom stereocenters. The number of rotatable bonds is 0. The molecule has 230 valence electrons. The standard InChI is InChI=1S/18CN.4Co.3Fe/c18*1-2;;;;;;;/q18*-1;;;2*+3;;;+4. The molecule has 0 saturated heterocycles. The third-order valence-electron chi connectivity index (χ3n) is 0. The van der Waals surface area contributed by atoms with Gasteiger partial charge in [-0.1, -0.05) is 0 Å². The fraction of sp³-hybridized carbons (Fsp3) is 0. The van der Waals surface area contributed by atoms with E-state index in [4.69, 9.17) is 213 Å². The van der Waals surface area contributed by atoms with Gasteiger partial charge in [-0.25, -0.2) is 0 Å². The van der Waals surface area contributed by atoms with Crippen molar-refractivity contribution in [3.05, 3.63) is 118 Å². The van der Waals surface area contributed by atoms with E-state index in [-0.39, 0.29) is 50.6 Å². The minimum atomic E-state index is 0. The van der Waals surface area contributed by atoms with Crippen LogP contribution in [0.5, 0.6) is 0 Å². The van der Waals surface area contributed by atoms with E-state index in [1.165, 1.54) is 0 Å². The van der Waals surface area contributed by atoms with Gasteiger partial charge >= 0.3 is 105 Å². The molecule has 0 spiro atoms. The molecule has 0 aromatic rings. The first kappa shape index (κ1) is 239. The van der Waals surface area contributed by atoms with Crippen molar-refractivity contribution in [2.75, 3.05) is 0 Å². The summed E-state index contributed by atoms with van der Waals surface area (Å²) in [5.41, 5.74) is 0. The second-order valence-corrected chi connectivity index (χ2v) is 0. The summed E-state index contributed by atoms with van der Waals surface area (Å²) >= 11 is 12.5. The molecular formula is C18Co4Fe3N18-8. The van der Waals surface area contributed by atoms with Crippen molar-refractivity contribution in [3.8, 4) is 0 Å². The molecule has 0 aromatic heterocycles. The third-order valence-corrected chi connectivity index (χ3v) is 0. The molecule has 43 heavy (non-hydrogen) atoms. The zero-order valence-electron chi connectivity index (χ0n) is 19.4. The van der Waals surface area contributed by atoms with Gasteiger partial charge in [-0.15, -0.1) is 0 Å². The first-order valence-corrected chi connectivity index (χ1v) is 8.03. The van der Waals surface area contributed by atoms with Crippen molar-refractivity contribution < 1.29 is 105 Å². The summed E-state index contributed by atoms with van der Waals surface area (Å²) in [6, 6.07) is 0. The Balaban J connectivity index is -0.00000000465. The summed E-state index contributed by atoms with van der Waals surface area (Å²) < 4.78 is 0. The van der Waals surface area contributed by atoms with E-state index in [0.717, 1.165) is 0 Å². The molecular weight excluding hydrogens is 872 g/mol. The van der Waals surface area contributed by atoms with E-state index in [1.54, 1.807) is 0 Å². The Hall–Kier alpha value is -5.60. The Bertz CT molecular complexity index is 408. The molecule has 0 saturated carbocycles. The second-order valence-electron chi connectivity index (χ2n) is 0. The van der Waals surface area contributed by atoms with Crippen molar-refractivity contribution in [3.63, 3.8) is 0 Å². The summed E-state index contributed by atoms with van der Waals surface area (Å²) in [6.07, 6.45) is 0. The molecule has 0 amide bonds. The van der Waals surface area contributed by atoms with Crippen molar-refractivity contribution >= 4 is 0 Å². The van der Waals surface area contributed by atoms with Crippen molar-refractivity contribution in [2.45, 2.75) is 0 Å². The van der Waals surface area contributed by atoms with Gasteiger partial charge in [-0.2, -0.15) is 0 Å². The molecule has 0 aliphatic rings. The Labute approximate surface area is 315 Å². The summed E-state index contributed by atoms with van der Waals surface area (Å²) in [6.45, 7) is 85.5. The third kappa shape index (κ3) is 1380. The quantitative estimate of drug-likeness (QED) is 0.247. The average Bonchev–Trinajstić information content (AvgIpc) is 3.21. The van der Waals surface area contributed by atoms with Crippen molar-refractivity contribution in [1.82, 2.24) is 0 Å². The molecule has 18 nitrogen and oxygen atoms in total. The predicted molar refractivity (Wildman–Crippen MR) is 89.4 cm³/mol. The number of hydrogen-bond acceptors (Lipinski definition) is 18. The van der Waals surface area contributed by atoms with Crippen molar-refractivity contribution in [1.29, 1.82) is 94.7 Å². The van der Waals surface area contributed by atoms with Gasteiger partial charge in [0.05, 0.1) is 0 Å². The van der Waals surface area contributed by atoms with Crippen molar-refractivity contribution in [2.24, 2.45) is 0 Å². The minimum absolute atomic E-state index is 0. The predicted octanol–water partition coefficient (Wildman–Crippen LogP) is 1.72. The zero-order valence-corrected chi connectivity index (χ0v) is 26.9. The summed E-state index contributed by atoms with van der Waals surface area (Å²) in [7, 11) is 0. The summed E-state index contributed by atoms with van der Waals surface area (Å²) in [5, 5.41) is 112. The Kier molecular flexibility index (Phi) is 8100. The van der Waals surface area contributed by atoms with Gasteiger partial charge in [0.15, 0.2) is 0 Å². The number of nitrogens with zero attached hydrogens (tertiary/aromatic N) is 18. The van der Waals surface area contributed by atoms with Gasteiger partial charge in [-0.05, 0) is 0 Å². The molecule has 0 N–H and O–H groups in total. The topological polar surface area (TPSA) is 428 Å². The van der Waals surface area contributed by atoms with Crippen LogP contribution in [0.2, 0.25) is 0 Å². The van der Waals surface area contributed by atoms with Gasteiger partial charge in [0.2, 0.25) is 0 Å². The normalized spacial score (nSPS) is 1.12. The molecule has 0 aliphatic carbocycles. The molecule has 0 bridgehead atoms. The van der Waals surface area contributed by atoms with Gasteiger partial charge in [-0.3, -0.25) is 0 Å². The van der Waals surface area contributed by atoms with Gasteiger partial charge in [0, 0.05) is 0 Å². The van der Waals surface area contributed by atoms with Crippen LogP contribution in [0.25, 0.3) is 0 Å². The maximum absolute atomic E-state index is 6.25. The van der Waals surface area contributed by atoms with E-state index in [0.29, 0.717) is 0 Å². The zero-order chi connectivity index (χ0) is 40.0. The number of hydrogen-bond donors (Lipinski definition) is 0. The summed E-state index contributed by atoms with van der Waals surface area (Å²) in [5.74, 6) is 0. The molecule has 0 heterocycles. The molecule has 25 heteroatoms. The van der Waals surface area contributed by atoms with Gasteiger partial charge < -0.3 is 213 Å². The summed E-state index contributed by atoms with van der Waals surface area (Å²) in [4.78, 5) is 0. The van der Waals surface area contributed by atoms with E-state index in [1.807, 2.05) is 0 Å². The van der Waals surface area contributed by atoms with Crippen LogP contribution in [0.15, 0.2) is 0 Å². The maximum atomic E-state index is 6.25. The van der Waals surface area contributed by atoms with Crippen LogP contribution < -0.4 is 0 Å². The van der Waals surface area contributed by atoms with E-state index in [9.17, 15) is 0 Å². The fourth-order valence-corrected chi connectivity index (χ4v) is 0. The fourth-order valence-electron chi connectivity index (χ4n) is 0. The molecule has 0 unspecified atom stereocenters. The monoisotopic (exact) mass is 872 g/mol. The van der Waals surface area contributed by atoms with Crippen LogP contribution in [0, 0.1) is 213 Å². The van der Waals surface area contributed by atoms with Crippen LogP contribution >= 0.6 is 0 Å². The van der Waals surface area contributed by atoms with Crippen LogP contribution in [-0.4, -0.2) is 0 Å². The molecule has 0 radical (unpaired) electrons. The second kappa shape index (κ2) is 1460. The van der Waals surface area contributed by atoms with Gasteiger partial charge in [0.25, 0.3) is 0 Å². The van der Waals surface area contributed by atoms with Crippen LogP contribution in [0.4, 0.5) is 0 Å². The van der Waals surface area contributed by atoms with E-state index in [2.05, 4.69) is 54.2 Å². The Morgan fingerprint density at radius 1 is 0.186 bits per heavy atom. The molecule has 0 aliphatic heterocycles. The molecule has 0 aromatic carbocycles. The first-order valence-electron chi connectivity index (χ1n) is 4.26. The van der Waals surface area contributed by atoms with Crippen LogP contribution in [0.1, 0.15) is 0 Å².